The van der Waals surface area contributed by atoms with Gasteiger partial charge in [0, 0.05) is 56.6 Å². The first kappa shape index (κ1) is 25.4. The number of Topliss-reactive ketones (excluding diaryl/α,β-unsaturated/α-hetero) is 1. The number of nitrogens with zero attached hydrogens (tertiary/aromatic N) is 2. The molecule has 3 aromatic rings. The van der Waals surface area contributed by atoms with Crippen LogP contribution in [0.4, 0.5) is 5.69 Å². The molecule has 3 heterocycles. The lowest BCUT2D eigenvalue weighted by molar-refractivity contribution is -0.123. The Bertz CT molecular complexity index is 1430. The second-order valence-corrected chi connectivity index (χ2v) is 13.0. The van der Waals surface area contributed by atoms with Crippen LogP contribution in [-0.2, 0) is 26.0 Å². The maximum Gasteiger partial charge on any atom is 0.258 e. The lowest BCUT2D eigenvalue weighted by atomic mass is 9.88. The SMILES string of the molecule is COCCCN1C(=O)c2cccc3c(CC(=O)C4CCN(S(=O)(=O)c5ccc(Cl)s5)CC4)ccc1c23. The van der Waals surface area contributed by atoms with Gasteiger partial charge in [0.05, 0.1) is 10.0 Å². The average molecular weight is 547 g/mol. The molecule has 0 radical (unpaired) electrons. The van der Waals surface area contributed by atoms with Gasteiger partial charge in [-0.05, 0) is 54.5 Å². The Morgan fingerprint density at radius 2 is 1.92 bits per heavy atom. The maximum atomic E-state index is 13.3. The van der Waals surface area contributed by atoms with E-state index >= 15 is 0 Å². The number of ketones is 1. The first-order valence-corrected chi connectivity index (χ1v) is 14.6. The van der Waals surface area contributed by atoms with Gasteiger partial charge in [-0.3, -0.25) is 9.59 Å². The second-order valence-electron chi connectivity index (χ2n) is 9.16. The summed E-state index contributed by atoms with van der Waals surface area (Å²) in [4.78, 5) is 28.1. The third-order valence-corrected chi connectivity index (χ3v) is 10.6. The Morgan fingerprint density at radius 1 is 1.14 bits per heavy atom. The summed E-state index contributed by atoms with van der Waals surface area (Å²) in [6.07, 6.45) is 1.98. The molecule has 0 spiro atoms. The van der Waals surface area contributed by atoms with Gasteiger partial charge in [-0.2, -0.15) is 4.31 Å². The van der Waals surface area contributed by atoms with E-state index in [-0.39, 0.29) is 28.2 Å². The van der Waals surface area contributed by atoms with Crippen LogP contribution in [0.2, 0.25) is 4.34 Å². The fourth-order valence-corrected chi connectivity index (χ4v) is 8.27. The number of piperidine rings is 1. The maximum absolute atomic E-state index is 13.3. The first-order chi connectivity index (χ1) is 17.3. The van der Waals surface area contributed by atoms with Crippen molar-refractivity contribution in [2.24, 2.45) is 5.92 Å². The highest BCUT2D eigenvalue weighted by Gasteiger charge is 2.34. The monoisotopic (exact) mass is 546 g/mol. The van der Waals surface area contributed by atoms with E-state index < -0.39 is 10.0 Å². The van der Waals surface area contributed by atoms with Gasteiger partial charge < -0.3 is 9.64 Å². The number of ether oxygens (including phenoxy) is 1. The fraction of sp³-hybridized carbons (Fsp3) is 0.385. The van der Waals surface area contributed by atoms with E-state index in [1.54, 1.807) is 18.1 Å². The van der Waals surface area contributed by atoms with Gasteiger partial charge in [0.2, 0.25) is 0 Å². The number of rotatable bonds is 9. The van der Waals surface area contributed by atoms with Crippen LogP contribution >= 0.6 is 22.9 Å². The molecule has 2 aliphatic rings. The zero-order valence-electron chi connectivity index (χ0n) is 19.9. The van der Waals surface area contributed by atoms with Gasteiger partial charge in [-0.1, -0.05) is 29.8 Å². The number of carbonyl (C=O) groups is 2. The standard InChI is InChI=1S/C26H27ClN2O5S2/c1-34-15-3-12-29-21-7-6-18(19-4-2-5-20(25(19)21)26(29)31)16-22(30)17-10-13-28(14-11-17)36(32,33)24-9-8-23(27)35-24/h2,4-9,17H,3,10-16H2,1H3. The largest absolute Gasteiger partial charge is 0.385 e. The normalized spacial score (nSPS) is 16.8. The molecule has 0 atom stereocenters. The van der Waals surface area contributed by atoms with Crippen LogP contribution in [0.5, 0.6) is 0 Å². The lowest BCUT2D eigenvalue weighted by Gasteiger charge is -2.30. The molecular formula is C26H27ClN2O5S2. The molecule has 0 unspecified atom stereocenters. The first-order valence-electron chi connectivity index (χ1n) is 11.9. The smallest absolute Gasteiger partial charge is 0.258 e. The van der Waals surface area contributed by atoms with Crippen LogP contribution in [0.15, 0.2) is 46.7 Å². The van der Waals surface area contributed by atoms with Gasteiger partial charge >= 0.3 is 0 Å². The number of carbonyl (C=O) groups excluding carboxylic acids is 2. The molecule has 2 aromatic carbocycles. The minimum atomic E-state index is -3.59. The molecule has 1 aromatic heterocycles. The van der Waals surface area contributed by atoms with Crippen LogP contribution < -0.4 is 4.90 Å². The van der Waals surface area contributed by atoms with Gasteiger partial charge in [0.1, 0.15) is 9.99 Å². The number of thiophene rings is 1. The summed E-state index contributed by atoms with van der Waals surface area (Å²) in [5, 5.41) is 1.83. The highest BCUT2D eigenvalue weighted by Crippen LogP contribution is 2.39. The Morgan fingerprint density at radius 3 is 2.61 bits per heavy atom. The van der Waals surface area contributed by atoms with E-state index in [4.69, 9.17) is 16.3 Å². The van der Waals surface area contributed by atoms with Gasteiger partial charge in [0.25, 0.3) is 15.9 Å². The van der Waals surface area contributed by atoms with E-state index in [9.17, 15) is 18.0 Å². The fourth-order valence-electron chi connectivity index (χ4n) is 5.16. The van der Waals surface area contributed by atoms with Gasteiger partial charge in [-0.15, -0.1) is 11.3 Å². The van der Waals surface area contributed by atoms with E-state index in [2.05, 4.69) is 0 Å². The molecular weight excluding hydrogens is 520 g/mol. The van der Waals surface area contributed by atoms with Crippen molar-refractivity contribution < 1.29 is 22.7 Å². The number of sulfonamides is 1. The molecule has 0 bridgehead atoms. The summed E-state index contributed by atoms with van der Waals surface area (Å²) in [6.45, 7) is 1.77. The number of hydrogen-bond donors (Lipinski definition) is 0. The average Bonchev–Trinajstić information content (AvgIpc) is 3.44. The minimum Gasteiger partial charge on any atom is -0.385 e. The Balaban J connectivity index is 1.30. The molecule has 2 aliphatic heterocycles. The van der Waals surface area contributed by atoms with Crippen LogP contribution in [0, 0.1) is 5.92 Å². The molecule has 1 amide bonds. The number of benzene rings is 2. The van der Waals surface area contributed by atoms with E-state index in [0.29, 0.717) is 49.0 Å². The molecule has 7 nitrogen and oxygen atoms in total. The summed E-state index contributed by atoms with van der Waals surface area (Å²) >= 11 is 6.97. The van der Waals surface area contributed by atoms with Crippen LogP contribution in [0.25, 0.3) is 10.8 Å². The van der Waals surface area contributed by atoms with Gasteiger partial charge in [-0.25, -0.2) is 8.42 Å². The van der Waals surface area contributed by atoms with Crippen molar-refractivity contribution in [2.75, 3.05) is 38.3 Å². The summed E-state index contributed by atoms with van der Waals surface area (Å²) < 4.78 is 33.0. The summed E-state index contributed by atoms with van der Waals surface area (Å²) in [7, 11) is -1.94. The molecule has 10 heteroatoms. The number of hydrogen-bond acceptors (Lipinski definition) is 6. The highest BCUT2D eigenvalue weighted by molar-refractivity contribution is 7.91. The van der Waals surface area contributed by atoms with Crippen molar-refractivity contribution in [2.45, 2.75) is 29.9 Å². The van der Waals surface area contributed by atoms with Crippen molar-refractivity contribution in [1.82, 2.24) is 4.31 Å². The molecule has 1 saturated heterocycles. The third kappa shape index (κ3) is 4.59. The molecule has 0 aliphatic carbocycles. The Kier molecular flexibility index (Phi) is 7.20. The topological polar surface area (TPSA) is 84.0 Å². The molecule has 0 N–H and O–H groups in total. The van der Waals surface area contributed by atoms with Crippen molar-refractivity contribution >= 4 is 61.1 Å². The molecule has 36 heavy (non-hydrogen) atoms. The van der Waals surface area contributed by atoms with Crippen molar-refractivity contribution in [3.05, 3.63) is 57.9 Å². The molecule has 190 valence electrons. The zero-order valence-corrected chi connectivity index (χ0v) is 22.3. The number of amides is 1. The molecule has 0 saturated carbocycles. The van der Waals surface area contributed by atoms with Crippen LogP contribution in [-0.4, -0.2) is 57.8 Å². The summed E-state index contributed by atoms with van der Waals surface area (Å²) in [6, 6.07) is 12.7. The molecule has 5 rings (SSSR count). The quantitative estimate of drug-likeness (QED) is 0.361. The van der Waals surface area contributed by atoms with E-state index in [1.165, 1.54) is 10.4 Å². The Hall–Kier alpha value is -2.30. The summed E-state index contributed by atoms with van der Waals surface area (Å²) in [5.74, 6) is -0.109. The van der Waals surface area contributed by atoms with Crippen molar-refractivity contribution in [3.8, 4) is 0 Å². The number of anilines is 1. The highest BCUT2D eigenvalue weighted by atomic mass is 35.5. The third-order valence-electron chi connectivity index (χ3n) is 7.02. The van der Waals surface area contributed by atoms with Crippen molar-refractivity contribution in [3.63, 3.8) is 0 Å². The predicted molar refractivity (Wildman–Crippen MR) is 142 cm³/mol. The Labute approximate surface area is 219 Å². The predicted octanol–water partition coefficient (Wildman–Crippen LogP) is 4.76. The summed E-state index contributed by atoms with van der Waals surface area (Å²) in [5.41, 5.74) is 2.45. The molecule has 1 fully saturated rings. The van der Waals surface area contributed by atoms with E-state index in [1.807, 2.05) is 30.3 Å². The minimum absolute atomic E-state index is 0.0178. The number of halogens is 1. The lowest BCUT2D eigenvalue weighted by Crippen LogP contribution is -2.40. The van der Waals surface area contributed by atoms with Crippen LogP contribution in [0.3, 0.4) is 0 Å². The number of methoxy groups -OCH3 is 1. The van der Waals surface area contributed by atoms with Crippen molar-refractivity contribution in [1.29, 1.82) is 0 Å². The second kappa shape index (κ2) is 10.2. The van der Waals surface area contributed by atoms with Crippen LogP contribution in [0.1, 0.15) is 35.2 Å². The van der Waals surface area contributed by atoms with Gasteiger partial charge in [0.15, 0.2) is 0 Å². The van der Waals surface area contributed by atoms with E-state index in [0.717, 1.165) is 39.8 Å². The zero-order chi connectivity index (χ0) is 25.4.